The first kappa shape index (κ1) is 15.5. The van der Waals surface area contributed by atoms with Crippen LogP contribution < -0.4 is 5.73 Å². The first-order chi connectivity index (χ1) is 9.45. The molecule has 0 radical (unpaired) electrons. The van der Waals surface area contributed by atoms with Gasteiger partial charge in [-0.3, -0.25) is 0 Å². The van der Waals surface area contributed by atoms with Crippen LogP contribution in [0.4, 0.5) is 0 Å². The number of benzene rings is 1. The molecule has 1 aliphatic heterocycles. The molecule has 0 aromatic heterocycles. The fourth-order valence-corrected chi connectivity index (χ4v) is 3.42. The van der Waals surface area contributed by atoms with Gasteiger partial charge in [0.25, 0.3) is 0 Å². The number of rotatable bonds is 4. The molecule has 1 saturated heterocycles. The molecule has 2 N–H and O–H groups in total. The van der Waals surface area contributed by atoms with Crippen LogP contribution in [0.25, 0.3) is 0 Å². The average molecular weight is 275 g/mol. The summed E-state index contributed by atoms with van der Waals surface area (Å²) in [5, 5.41) is 0. The van der Waals surface area contributed by atoms with Crippen LogP contribution in [0.3, 0.4) is 0 Å². The van der Waals surface area contributed by atoms with Crippen LogP contribution >= 0.6 is 0 Å². The molecule has 6 atom stereocenters. The maximum atomic E-state index is 6.52. The Kier molecular flexibility index (Phi) is 4.87. The van der Waals surface area contributed by atoms with E-state index < -0.39 is 0 Å². The molecule has 2 nitrogen and oxygen atoms in total. The van der Waals surface area contributed by atoms with Crippen molar-refractivity contribution in [1.82, 2.24) is 0 Å². The fourth-order valence-electron chi connectivity index (χ4n) is 3.42. The van der Waals surface area contributed by atoms with Gasteiger partial charge in [-0.25, -0.2) is 0 Å². The number of hydrogen-bond acceptors (Lipinski definition) is 2. The highest BCUT2D eigenvalue weighted by molar-refractivity contribution is 5.28. The van der Waals surface area contributed by atoms with E-state index in [-0.39, 0.29) is 12.1 Å². The Hall–Kier alpha value is -0.860. The van der Waals surface area contributed by atoms with E-state index in [0.29, 0.717) is 23.9 Å². The van der Waals surface area contributed by atoms with E-state index >= 15 is 0 Å². The third-order valence-electron chi connectivity index (χ3n) is 5.24. The number of hydrogen-bond donors (Lipinski definition) is 1. The van der Waals surface area contributed by atoms with Crippen LogP contribution in [0.15, 0.2) is 24.3 Å². The Balaban J connectivity index is 2.15. The first-order valence-corrected chi connectivity index (χ1v) is 7.96. The van der Waals surface area contributed by atoms with E-state index in [4.69, 9.17) is 10.5 Å². The van der Waals surface area contributed by atoms with Crippen LogP contribution in [-0.4, -0.2) is 12.2 Å². The standard InChI is InChI=1S/C18H29NO/c1-6-11(2)15-7-9-16(10-8-15)18(19)17-12(3)13(4)20-14(17)5/h7-14,17-18H,6,19H2,1-5H3. The van der Waals surface area contributed by atoms with Gasteiger partial charge in [-0.2, -0.15) is 0 Å². The second-order valence-electron chi connectivity index (χ2n) is 6.48. The van der Waals surface area contributed by atoms with Crippen LogP contribution in [0.1, 0.15) is 64.1 Å². The molecular formula is C18H29NO. The van der Waals surface area contributed by atoms with Crippen molar-refractivity contribution >= 4 is 0 Å². The summed E-state index contributed by atoms with van der Waals surface area (Å²) < 4.78 is 5.93. The van der Waals surface area contributed by atoms with Crippen molar-refractivity contribution in [2.45, 2.75) is 65.2 Å². The van der Waals surface area contributed by atoms with Crippen LogP contribution in [0, 0.1) is 11.8 Å². The van der Waals surface area contributed by atoms with Crippen molar-refractivity contribution < 1.29 is 4.74 Å². The molecule has 0 amide bonds. The minimum absolute atomic E-state index is 0.0657. The van der Waals surface area contributed by atoms with Gasteiger partial charge in [-0.05, 0) is 43.2 Å². The molecule has 2 heteroatoms. The minimum Gasteiger partial charge on any atom is -0.375 e. The van der Waals surface area contributed by atoms with E-state index in [1.54, 1.807) is 0 Å². The molecular weight excluding hydrogens is 246 g/mol. The zero-order chi connectivity index (χ0) is 14.9. The summed E-state index contributed by atoms with van der Waals surface area (Å²) in [5.74, 6) is 1.53. The molecule has 1 aliphatic rings. The molecule has 112 valence electrons. The van der Waals surface area contributed by atoms with Gasteiger partial charge in [0.1, 0.15) is 0 Å². The van der Waals surface area contributed by atoms with Crippen LogP contribution in [-0.2, 0) is 4.74 Å². The lowest BCUT2D eigenvalue weighted by molar-refractivity contribution is 0.0489. The number of nitrogens with two attached hydrogens (primary N) is 1. The third-order valence-corrected chi connectivity index (χ3v) is 5.24. The molecule has 20 heavy (non-hydrogen) atoms. The van der Waals surface area contributed by atoms with E-state index in [1.807, 2.05) is 0 Å². The van der Waals surface area contributed by atoms with Crippen molar-refractivity contribution in [3.63, 3.8) is 0 Å². The monoisotopic (exact) mass is 275 g/mol. The van der Waals surface area contributed by atoms with Gasteiger partial charge in [0.2, 0.25) is 0 Å². The summed E-state index contributed by atoms with van der Waals surface area (Å²) in [7, 11) is 0. The Morgan fingerprint density at radius 3 is 2.05 bits per heavy atom. The van der Waals surface area contributed by atoms with Gasteiger partial charge < -0.3 is 10.5 Å². The summed E-state index contributed by atoms with van der Waals surface area (Å²) >= 11 is 0. The molecule has 1 aromatic rings. The molecule has 0 spiro atoms. The van der Waals surface area contributed by atoms with Crippen molar-refractivity contribution in [2.75, 3.05) is 0 Å². The Labute approximate surface area is 123 Å². The Morgan fingerprint density at radius 2 is 1.60 bits per heavy atom. The zero-order valence-corrected chi connectivity index (χ0v) is 13.5. The van der Waals surface area contributed by atoms with E-state index in [0.717, 1.165) is 0 Å². The maximum absolute atomic E-state index is 6.52. The second-order valence-corrected chi connectivity index (χ2v) is 6.48. The van der Waals surface area contributed by atoms with Crippen LogP contribution in [0.5, 0.6) is 0 Å². The minimum atomic E-state index is 0.0657. The molecule has 6 unspecified atom stereocenters. The van der Waals surface area contributed by atoms with Gasteiger partial charge >= 0.3 is 0 Å². The lowest BCUT2D eigenvalue weighted by Gasteiger charge is -2.26. The second kappa shape index (κ2) is 6.28. The van der Waals surface area contributed by atoms with Crippen molar-refractivity contribution in [3.05, 3.63) is 35.4 Å². The highest BCUT2D eigenvalue weighted by Gasteiger charge is 2.40. The molecule has 0 saturated carbocycles. The summed E-state index contributed by atoms with van der Waals surface area (Å²) in [6, 6.07) is 8.94. The van der Waals surface area contributed by atoms with Gasteiger partial charge in [0, 0.05) is 12.0 Å². The molecule has 1 fully saturated rings. The summed E-state index contributed by atoms with van der Waals surface area (Å²) in [6.07, 6.45) is 1.72. The Morgan fingerprint density at radius 1 is 1.05 bits per heavy atom. The summed E-state index contributed by atoms with van der Waals surface area (Å²) in [5.41, 5.74) is 9.16. The third kappa shape index (κ3) is 2.91. The Bertz CT molecular complexity index is 428. The maximum Gasteiger partial charge on any atom is 0.0600 e. The molecule has 1 aromatic carbocycles. The van der Waals surface area contributed by atoms with Crippen molar-refractivity contribution in [3.8, 4) is 0 Å². The highest BCUT2D eigenvalue weighted by Crippen LogP contribution is 2.39. The molecule has 2 rings (SSSR count). The SMILES string of the molecule is CCC(C)c1ccc(C(N)C2C(C)OC(C)C2C)cc1. The fraction of sp³-hybridized carbons (Fsp3) is 0.667. The first-order valence-electron chi connectivity index (χ1n) is 7.96. The smallest absolute Gasteiger partial charge is 0.0600 e. The quantitative estimate of drug-likeness (QED) is 0.891. The van der Waals surface area contributed by atoms with Crippen LogP contribution in [0.2, 0.25) is 0 Å². The number of ether oxygens (including phenoxy) is 1. The predicted octanol–water partition coefficient (Wildman–Crippen LogP) is 4.26. The summed E-state index contributed by atoms with van der Waals surface area (Å²) in [4.78, 5) is 0. The molecule has 0 bridgehead atoms. The molecule has 0 aliphatic carbocycles. The summed E-state index contributed by atoms with van der Waals surface area (Å²) in [6.45, 7) is 11.1. The highest BCUT2D eigenvalue weighted by atomic mass is 16.5. The van der Waals surface area contributed by atoms with E-state index in [9.17, 15) is 0 Å². The van der Waals surface area contributed by atoms with Crippen molar-refractivity contribution in [1.29, 1.82) is 0 Å². The average Bonchev–Trinajstić information content (AvgIpc) is 2.71. The largest absolute Gasteiger partial charge is 0.375 e. The lowest BCUT2D eigenvalue weighted by atomic mass is 9.80. The normalized spacial score (nSPS) is 33.1. The van der Waals surface area contributed by atoms with Gasteiger partial charge in [-0.1, -0.05) is 45.0 Å². The van der Waals surface area contributed by atoms with Gasteiger partial charge in [0.05, 0.1) is 12.2 Å². The van der Waals surface area contributed by atoms with Crippen molar-refractivity contribution in [2.24, 2.45) is 17.6 Å². The molecule has 1 heterocycles. The lowest BCUT2D eigenvalue weighted by Crippen LogP contribution is -2.30. The van der Waals surface area contributed by atoms with E-state index in [1.165, 1.54) is 17.5 Å². The van der Waals surface area contributed by atoms with E-state index in [2.05, 4.69) is 58.9 Å². The topological polar surface area (TPSA) is 35.2 Å². The zero-order valence-electron chi connectivity index (χ0n) is 13.5. The van der Waals surface area contributed by atoms with Gasteiger partial charge in [-0.15, -0.1) is 0 Å². The van der Waals surface area contributed by atoms with Gasteiger partial charge in [0.15, 0.2) is 0 Å². The predicted molar refractivity (Wildman–Crippen MR) is 84.7 cm³/mol.